The lowest BCUT2D eigenvalue weighted by Crippen LogP contribution is -2.36. The van der Waals surface area contributed by atoms with Crippen LogP contribution in [0.5, 0.6) is 5.75 Å². The van der Waals surface area contributed by atoms with Gasteiger partial charge in [0.15, 0.2) is 0 Å². The number of ether oxygens (including phenoxy) is 1. The molecule has 0 aliphatic carbocycles. The van der Waals surface area contributed by atoms with Gasteiger partial charge in [0.1, 0.15) is 12.4 Å². The van der Waals surface area contributed by atoms with Gasteiger partial charge in [0.25, 0.3) is 0 Å². The van der Waals surface area contributed by atoms with Gasteiger partial charge >= 0.3 is 0 Å². The van der Waals surface area contributed by atoms with E-state index in [9.17, 15) is 9.59 Å². The van der Waals surface area contributed by atoms with E-state index in [1.807, 2.05) is 73.7 Å². The van der Waals surface area contributed by atoms with Gasteiger partial charge < -0.3 is 9.64 Å². The van der Waals surface area contributed by atoms with E-state index in [4.69, 9.17) is 16.3 Å². The van der Waals surface area contributed by atoms with Gasteiger partial charge in [-0.3, -0.25) is 20.4 Å². The molecule has 4 rings (SSSR count). The lowest BCUT2D eigenvalue weighted by atomic mass is 10.1. The molecule has 6 nitrogen and oxygen atoms in total. The van der Waals surface area contributed by atoms with E-state index in [-0.39, 0.29) is 18.2 Å². The summed E-state index contributed by atoms with van der Waals surface area (Å²) in [5, 5.41) is 0.635. The zero-order valence-corrected chi connectivity index (χ0v) is 18.4. The molecule has 1 saturated heterocycles. The molecule has 0 radical (unpaired) electrons. The van der Waals surface area contributed by atoms with E-state index in [0.29, 0.717) is 29.6 Å². The number of carbonyl (C=O) groups excluding carboxylic acids is 2. The summed E-state index contributed by atoms with van der Waals surface area (Å²) >= 11 is 6.20. The van der Waals surface area contributed by atoms with E-state index in [0.717, 1.165) is 16.8 Å². The van der Waals surface area contributed by atoms with Gasteiger partial charge in [-0.1, -0.05) is 59.6 Å². The molecule has 0 aromatic heterocycles. The van der Waals surface area contributed by atoms with Crippen LogP contribution >= 0.6 is 11.6 Å². The number of nitrogens with one attached hydrogen (secondary N) is 2. The topological polar surface area (TPSA) is 70.7 Å². The van der Waals surface area contributed by atoms with Crippen LogP contribution in [-0.2, 0) is 16.2 Å². The van der Waals surface area contributed by atoms with Gasteiger partial charge in [0, 0.05) is 29.2 Å². The first-order valence-corrected chi connectivity index (χ1v) is 10.8. The van der Waals surface area contributed by atoms with Crippen LogP contribution in [-0.4, -0.2) is 18.4 Å². The molecule has 2 N–H and O–H groups in total. The Labute approximate surface area is 192 Å². The molecule has 3 aromatic rings. The SMILES string of the molecule is Cc1ccc(N2C[C@@H](C(=O)NNc3ccccc3OCc3ccccc3Cl)CC2=O)cc1. The van der Waals surface area contributed by atoms with Crippen molar-refractivity contribution in [3.63, 3.8) is 0 Å². The summed E-state index contributed by atoms with van der Waals surface area (Å²) in [5.41, 5.74) is 9.06. The third-order valence-electron chi connectivity index (χ3n) is 5.39. The number of rotatable bonds is 7. The summed E-state index contributed by atoms with van der Waals surface area (Å²) in [5.74, 6) is -0.157. The molecular weight excluding hydrogens is 426 g/mol. The number of halogens is 1. The second-order valence-corrected chi connectivity index (χ2v) is 8.14. The van der Waals surface area contributed by atoms with Crippen molar-refractivity contribution >= 4 is 34.8 Å². The first-order chi connectivity index (χ1) is 15.5. The summed E-state index contributed by atoms with van der Waals surface area (Å²) in [6, 6.07) is 22.5. The predicted octanol–water partition coefficient (Wildman–Crippen LogP) is 4.72. The number of anilines is 2. The minimum atomic E-state index is -0.437. The molecular formula is C25H24ClN3O3. The summed E-state index contributed by atoms with van der Waals surface area (Å²) in [4.78, 5) is 26.8. The Bertz CT molecular complexity index is 1120. The first-order valence-electron chi connectivity index (χ1n) is 10.4. The van der Waals surface area contributed by atoms with E-state index < -0.39 is 5.92 Å². The van der Waals surface area contributed by atoms with Crippen molar-refractivity contribution in [2.45, 2.75) is 20.0 Å². The summed E-state index contributed by atoms with van der Waals surface area (Å²) < 4.78 is 5.90. The molecule has 0 saturated carbocycles. The van der Waals surface area contributed by atoms with Gasteiger partial charge in [-0.05, 0) is 37.3 Å². The Morgan fingerprint density at radius 2 is 1.78 bits per heavy atom. The number of hydrogen-bond acceptors (Lipinski definition) is 4. The zero-order valence-electron chi connectivity index (χ0n) is 17.7. The smallest absolute Gasteiger partial charge is 0.243 e. The molecule has 0 bridgehead atoms. The highest BCUT2D eigenvalue weighted by atomic mass is 35.5. The summed E-state index contributed by atoms with van der Waals surface area (Å²) in [7, 11) is 0. The maximum atomic E-state index is 12.7. The normalized spacial score (nSPS) is 15.5. The highest BCUT2D eigenvalue weighted by molar-refractivity contribution is 6.31. The predicted molar refractivity (Wildman–Crippen MR) is 126 cm³/mol. The molecule has 1 aliphatic heterocycles. The lowest BCUT2D eigenvalue weighted by molar-refractivity contribution is -0.125. The van der Waals surface area contributed by atoms with Crippen LogP contribution < -0.4 is 20.5 Å². The fourth-order valence-corrected chi connectivity index (χ4v) is 3.75. The highest BCUT2D eigenvalue weighted by Crippen LogP contribution is 2.27. The van der Waals surface area contributed by atoms with Crippen molar-refractivity contribution in [1.29, 1.82) is 0 Å². The number of hydrazine groups is 1. The van der Waals surface area contributed by atoms with Crippen molar-refractivity contribution in [1.82, 2.24) is 5.43 Å². The Kier molecular flexibility index (Phi) is 6.61. The minimum absolute atomic E-state index is 0.0579. The molecule has 2 amide bonds. The monoisotopic (exact) mass is 449 g/mol. The number of aryl methyl sites for hydroxylation is 1. The summed E-state index contributed by atoms with van der Waals surface area (Å²) in [6.07, 6.45) is 0.173. The Hall–Kier alpha value is -3.51. The van der Waals surface area contributed by atoms with Crippen molar-refractivity contribution in [2.24, 2.45) is 5.92 Å². The molecule has 1 atom stereocenters. The van der Waals surface area contributed by atoms with Crippen molar-refractivity contribution < 1.29 is 14.3 Å². The number of benzene rings is 3. The Morgan fingerprint density at radius 1 is 1.06 bits per heavy atom. The van der Waals surface area contributed by atoms with Crippen molar-refractivity contribution in [3.05, 3.63) is 88.9 Å². The van der Waals surface area contributed by atoms with Crippen LogP contribution in [0.1, 0.15) is 17.5 Å². The maximum Gasteiger partial charge on any atom is 0.243 e. The van der Waals surface area contributed by atoms with Gasteiger partial charge in [-0.2, -0.15) is 0 Å². The van der Waals surface area contributed by atoms with Crippen LogP contribution in [0.15, 0.2) is 72.8 Å². The van der Waals surface area contributed by atoms with Crippen molar-refractivity contribution in [3.8, 4) is 5.75 Å². The second-order valence-electron chi connectivity index (χ2n) is 7.73. The molecule has 0 unspecified atom stereocenters. The average molecular weight is 450 g/mol. The van der Waals surface area contributed by atoms with E-state index in [1.165, 1.54) is 0 Å². The lowest BCUT2D eigenvalue weighted by Gasteiger charge is -2.18. The second kappa shape index (κ2) is 9.75. The largest absolute Gasteiger partial charge is 0.487 e. The van der Waals surface area contributed by atoms with Crippen LogP contribution in [0.3, 0.4) is 0 Å². The summed E-state index contributed by atoms with van der Waals surface area (Å²) in [6.45, 7) is 2.64. The number of carbonyl (C=O) groups is 2. The zero-order chi connectivity index (χ0) is 22.5. The molecule has 7 heteroatoms. The number of nitrogens with zero attached hydrogens (tertiary/aromatic N) is 1. The molecule has 3 aromatic carbocycles. The minimum Gasteiger partial charge on any atom is -0.487 e. The van der Waals surface area contributed by atoms with Crippen LogP contribution in [0, 0.1) is 12.8 Å². The molecule has 0 spiro atoms. The number of hydrogen-bond donors (Lipinski definition) is 2. The molecule has 1 heterocycles. The fourth-order valence-electron chi connectivity index (χ4n) is 3.56. The van der Waals surface area contributed by atoms with E-state index in [1.54, 1.807) is 11.0 Å². The maximum absolute atomic E-state index is 12.7. The fraction of sp³-hybridized carbons (Fsp3) is 0.200. The number of amides is 2. The molecule has 1 fully saturated rings. The van der Waals surface area contributed by atoms with Gasteiger partial charge in [0.2, 0.25) is 11.8 Å². The standard InChI is InChI=1S/C25H24ClN3O3/c1-17-10-12-20(13-11-17)29-15-19(14-24(29)30)25(31)28-27-22-8-4-5-9-23(22)32-16-18-6-2-3-7-21(18)26/h2-13,19,27H,14-16H2,1H3,(H,28,31)/t19-/m0/s1. The first kappa shape index (κ1) is 21.7. The molecule has 32 heavy (non-hydrogen) atoms. The van der Waals surface area contributed by atoms with Crippen LogP contribution in [0.4, 0.5) is 11.4 Å². The average Bonchev–Trinajstić information content (AvgIpc) is 3.19. The van der Waals surface area contributed by atoms with E-state index >= 15 is 0 Å². The van der Waals surface area contributed by atoms with Crippen LogP contribution in [0.2, 0.25) is 5.02 Å². The third kappa shape index (κ3) is 5.03. The number of para-hydroxylation sites is 2. The van der Waals surface area contributed by atoms with Gasteiger partial charge in [-0.15, -0.1) is 0 Å². The van der Waals surface area contributed by atoms with Gasteiger partial charge in [0.05, 0.1) is 11.6 Å². The molecule has 1 aliphatic rings. The van der Waals surface area contributed by atoms with E-state index in [2.05, 4.69) is 10.9 Å². The Balaban J connectivity index is 1.36. The highest BCUT2D eigenvalue weighted by Gasteiger charge is 2.35. The Morgan fingerprint density at radius 3 is 2.56 bits per heavy atom. The molecule has 164 valence electrons. The third-order valence-corrected chi connectivity index (χ3v) is 5.76. The van der Waals surface area contributed by atoms with Crippen molar-refractivity contribution in [2.75, 3.05) is 16.9 Å². The van der Waals surface area contributed by atoms with Gasteiger partial charge in [-0.25, -0.2) is 0 Å². The quantitative estimate of drug-likeness (QED) is 0.512. The van der Waals surface area contributed by atoms with Crippen LogP contribution in [0.25, 0.3) is 0 Å².